The van der Waals surface area contributed by atoms with Crippen LogP contribution in [0.15, 0.2) is 18.2 Å². The topological polar surface area (TPSA) is 26.0 Å². The molecule has 2 N–H and O–H groups in total. The van der Waals surface area contributed by atoms with Crippen molar-refractivity contribution in [3.8, 4) is 0 Å². The smallest absolute Gasteiger partial charge is 0.330 e. The van der Waals surface area contributed by atoms with Gasteiger partial charge in [-0.25, -0.2) is 4.39 Å². The molecule has 3 unspecified atom stereocenters. The van der Waals surface area contributed by atoms with E-state index >= 15 is 0 Å². The van der Waals surface area contributed by atoms with Crippen molar-refractivity contribution in [2.24, 2.45) is 17.6 Å². The molecule has 21 heavy (non-hydrogen) atoms. The fourth-order valence-electron chi connectivity index (χ4n) is 3.37. The van der Waals surface area contributed by atoms with Gasteiger partial charge in [0.1, 0.15) is 5.82 Å². The van der Waals surface area contributed by atoms with Crippen molar-refractivity contribution in [3.63, 3.8) is 0 Å². The average Bonchev–Trinajstić information content (AvgIpc) is 2.45. The lowest BCUT2D eigenvalue weighted by Gasteiger charge is -2.36. The molecular formula is C16H21F4N. The minimum absolute atomic E-state index is 0.0606. The van der Waals surface area contributed by atoms with E-state index in [1.165, 1.54) is 6.07 Å². The molecule has 5 heteroatoms. The van der Waals surface area contributed by atoms with Gasteiger partial charge >= 0.3 is 6.18 Å². The summed E-state index contributed by atoms with van der Waals surface area (Å²) in [6.07, 6.45) is -0.672. The van der Waals surface area contributed by atoms with Crippen molar-refractivity contribution < 1.29 is 17.6 Å². The zero-order valence-electron chi connectivity index (χ0n) is 12.1. The van der Waals surface area contributed by atoms with Crippen molar-refractivity contribution in [2.75, 3.05) is 6.54 Å². The molecule has 1 fully saturated rings. The summed E-state index contributed by atoms with van der Waals surface area (Å²) in [6.45, 7) is 2.60. The highest BCUT2D eigenvalue weighted by molar-refractivity contribution is 5.29. The maximum atomic E-state index is 13.8. The van der Waals surface area contributed by atoms with Crippen molar-refractivity contribution in [1.29, 1.82) is 0 Å². The molecular weight excluding hydrogens is 282 g/mol. The van der Waals surface area contributed by atoms with Crippen LogP contribution in [0.4, 0.5) is 17.6 Å². The third-order valence-corrected chi connectivity index (χ3v) is 4.71. The number of benzene rings is 1. The van der Waals surface area contributed by atoms with E-state index in [0.717, 1.165) is 37.8 Å². The van der Waals surface area contributed by atoms with Gasteiger partial charge in [0.05, 0.1) is 5.56 Å². The first-order valence-corrected chi connectivity index (χ1v) is 7.43. The lowest BCUT2D eigenvalue weighted by atomic mass is 9.70. The van der Waals surface area contributed by atoms with Gasteiger partial charge in [-0.1, -0.05) is 25.8 Å². The van der Waals surface area contributed by atoms with Gasteiger partial charge in [-0.05, 0) is 54.8 Å². The van der Waals surface area contributed by atoms with Gasteiger partial charge in [-0.2, -0.15) is 13.2 Å². The normalized spacial score (nSPS) is 26.9. The Morgan fingerprint density at radius 3 is 2.48 bits per heavy atom. The van der Waals surface area contributed by atoms with Crippen LogP contribution in [0, 0.1) is 17.7 Å². The highest BCUT2D eigenvalue weighted by Crippen LogP contribution is 2.42. The predicted octanol–water partition coefficient (Wildman–Crippen LogP) is 4.71. The number of rotatable bonds is 3. The monoisotopic (exact) mass is 303 g/mol. The quantitative estimate of drug-likeness (QED) is 0.804. The Morgan fingerprint density at radius 2 is 1.95 bits per heavy atom. The minimum Gasteiger partial charge on any atom is -0.330 e. The van der Waals surface area contributed by atoms with E-state index in [4.69, 9.17) is 5.73 Å². The largest absolute Gasteiger partial charge is 0.419 e. The highest BCUT2D eigenvalue weighted by atomic mass is 19.4. The summed E-state index contributed by atoms with van der Waals surface area (Å²) in [7, 11) is 0. The first-order chi connectivity index (χ1) is 9.86. The fourth-order valence-corrected chi connectivity index (χ4v) is 3.37. The molecule has 0 spiro atoms. The summed E-state index contributed by atoms with van der Waals surface area (Å²) in [5, 5.41) is 0. The molecule has 0 aliphatic heterocycles. The Labute approximate surface area is 122 Å². The number of hydrogen-bond acceptors (Lipinski definition) is 1. The van der Waals surface area contributed by atoms with Crippen molar-refractivity contribution in [2.45, 2.75) is 44.7 Å². The number of nitrogens with two attached hydrogens (primary N) is 1. The van der Waals surface area contributed by atoms with Gasteiger partial charge in [-0.3, -0.25) is 0 Å². The number of halogens is 4. The molecule has 3 atom stereocenters. The molecule has 0 aromatic heterocycles. The molecule has 1 aromatic rings. The van der Waals surface area contributed by atoms with Gasteiger partial charge in [-0.15, -0.1) is 0 Å². The van der Waals surface area contributed by atoms with Crippen LogP contribution in [-0.2, 0) is 6.18 Å². The van der Waals surface area contributed by atoms with Crippen LogP contribution in [0.5, 0.6) is 0 Å². The van der Waals surface area contributed by atoms with Gasteiger partial charge in [0, 0.05) is 0 Å². The molecule has 0 amide bonds. The average molecular weight is 303 g/mol. The lowest BCUT2D eigenvalue weighted by Crippen LogP contribution is -2.29. The van der Waals surface area contributed by atoms with Crippen LogP contribution < -0.4 is 5.73 Å². The maximum absolute atomic E-state index is 13.8. The van der Waals surface area contributed by atoms with Crippen molar-refractivity contribution >= 4 is 0 Å². The standard InChI is InChI=1S/C16H21F4N/c1-2-10-3-4-12(9-21)13(7-10)11-5-6-14(15(17)8-11)16(18,19)20/h5-6,8,10,12-13H,2-4,7,9,21H2,1H3. The van der Waals surface area contributed by atoms with E-state index < -0.39 is 17.6 Å². The molecule has 1 saturated carbocycles. The summed E-state index contributed by atoms with van der Waals surface area (Å²) in [4.78, 5) is 0. The number of alkyl halides is 3. The van der Waals surface area contributed by atoms with Crippen LogP contribution in [0.2, 0.25) is 0 Å². The molecule has 1 aliphatic rings. The van der Waals surface area contributed by atoms with E-state index in [9.17, 15) is 17.6 Å². The molecule has 0 radical (unpaired) electrons. The minimum atomic E-state index is -4.64. The second-order valence-corrected chi connectivity index (χ2v) is 5.93. The molecule has 2 rings (SSSR count). The van der Waals surface area contributed by atoms with E-state index in [2.05, 4.69) is 6.92 Å². The number of hydrogen-bond donors (Lipinski definition) is 1. The Hall–Kier alpha value is -1.10. The maximum Gasteiger partial charge on any atom is 0.419 e. The van der Waals surface area contributed by atoms with E-state index in [1.54, 1.807) is 0 Å². The second kappa shape index (κ2) is 6.34. The van der Waals surface area contributed by atoms with Gasteiger partial charge < -0.3 is 5.73 Å². The van der Waals surface area contributed by atoms with Crippen molar-refractivity contribution in [1.82, 2.24) is 0 Å². The van der Waals surface area contributed by atoms with Crippen LogP contribution >= 0.6 is 0 Å². The summed E-state index contributed by atoms with van der Waals surface area (Å²) in [5.74, 6) is -0.355. The Bertz CT molecular complexity index is 484. The third-order valence-electron chi connectivity index (χ3n) is 4.71. The van der Waals surface area contributed by atoms with Crippen LogP contribution in [0.3, 0.4) is 0 Å². The van der Waals surface area contributed by atoms with Crippen LogP contribution in [-0.4, -0.2) is 6.54 Å². The summed E-state index contributed by atoms with van der Waals surface area (Å²) in [6, 6.07) is 3.32. The SMILES string of the molecule is CCC1CCC(CN)C(c2ccc(C(F)(F)F)c(F)c2)C1. The molecule has 0 heterocycles. The predicted molar refractivity (Wildman–Crippen MR) is 74.3 cm³/mol. The van der Waals surface area contributed by atoms with Gasteiger partial charge in [0.15, 0.2) is 0 Å². The molecule has 1 nitrogen and oxygen atoms in total. The summed E-state index contributed by atoms with van der Waals surface area (Å²) in [5.41, 5.74) is 5.23. The Balaban J connectivity index is 2.29. The second-order valence-electron chi connectivity index (χ2n) is 5.93. The molecule has 118 valence electrons. The van der Waals surface area contributed by atoms with E-state index in [0.29, 0.717) is 18.0 Å². The molecule has 0 bridgehead atoms. The summed E-state index contributed by atoms with van der Waals surface area (Å²) < 4.78 is 51.6. The van der Waals surface area contributed by atoms with Crippen LogP contribution in [0.1, 0.15) is 49.7 Å². The van der Waals surface area contributed by atoms with Crippen molar-refractivity contribution in [3.05, 3.63) is 35.1 Å². The molecule has 1 aromatic carbocycles. The molecule has 0 saturated heterocycles. The van der Waals surface area contributed by atoms with E-state index in [1.807, 2.05) is 0 Å². The van der Waals surface area contributed by atoms with Crippen LogP contribution in [0.25, 0.3) is 0 Å². The molecule has 1 aliphatic carbocycles. The lowest BCUT2D eigenvalue weighted by molar-refractivity contribution is -0.140. The Morgan fingerprint density at radius 1 is 1.24 bits per heavy atom. The highest BCUT2D eigenvalue weighted by Gasteiger charge is 2.35. The van der Waals surface area contributed by atoms with E-state index in [-0.39, 0.29) is 11.8 Å². The fraction of sp³-hybridized carbons (Fsp3) is 0.625. The zero-order chi connectivity index (χ0) is 15.6. The first kappa shape index (κ1) is 16.3. The van der Waals surface area contributed by atoms with Gasteiger partial charge in [0.25, 0.3) is 0 Å². The van der Waals surface area contributed by atoms with Gasteiger partial charge in [0.2, 0.25) is 0 Å². The zero-order valence-corrected chi connectivity index (χ0v) is 12.1. The Kier molecular flexibility index (Phi) is 4.91. The first-order valence-electron chi connectivity index (χ1n) is 7.43. The third kappa shape index (κ3) is 3.57. The summed E-state index contributed by atoms with van der Waals surface area (Å²) >= 11 is 0.